The summed E-state index contributed by atoms with van der Waals surface area (Å²) >= 11 is 0. The first-order valence-corrected chi connectivity index (χ1v) is 9.52. The zero-order chi connectivity index (χ0) is 18.0. The first kappa shape index (κ1) is 17.7. The van der Waals surface area contributed by atoms with Gasteiger partial charge in [0.1, 0.15) is 16.5 Å². The van der Waals surface area contributed by atoms with Crippen LogP contribution >= 0.6 is 0 Å². The molecule has 1 saturated heterocycles. The summed E-state index contributed by atoms with van der Waals surface area (Å²) in [5.41, 5.74) is 1.36. The molecule has 0 unspecified atom stereocenters. The van der Waals surface area contributed by atoms with Crippen molar-refractivity contribution in [2.75, 3.05) is 38.2 Å². The van der Waals surface area contributed by atoms with E-state index in [0.717, 1.165) is 5.56 Å². The Morgan fingerprint density at radius 1 is 1.04 bits per heavy atom. The van der Waals surface area contributed by atoms with Crippen molar-refractivity contribution in [3.8, 4) is 5.75 Å². The van der Waals surface area contributed by atoms with Crippen molar-refractivity contribution in [2.45, 2.75) is 11.8 Å². The van der Waals surface area contributed by atoms with E-state index >= 15 is 0 Å². The minimum Gasteiger partial charge on any atom is -0.495 e. The molecule has 0 aromatic heterocycles. The molecular weight excluding hydrogens is 343 g/mol. The van der Waals surface area contributed by atoms with Gasteiger partial charge in [-0.15, -0.1) is 0 Å². The molecule has 0 aliphatic carbocycles. The first-order valence-electron chi connectivity index (χ1n) is 8.08. The second-order valence-corrected chi connectivity index (χ2v) is 7.90. The Kier molecular flexibility index (Phi) is 4.96. The van der Waals surface area contributed by atoms with Crippen LogP contribution in [-0.2, 0) is 10.0 Å². The largest absolute Gasteiger partial charge is 0.495 e. The predicted octanol–water partition coefficient (Wildman–Crippen LogP) is 2.65. The number of anilines is 1. The third-order valence-corrected chi connectivity index (χ3v) is 6.29. The van der Waals surface area contributed by atoms with Crippen molar-refractivity contribution in [3.63, 3.8) is 0 Å². The smallest absolute Gasteiger partial charge is 0.246 e. The third kappa shape index (κ3) is 3.48. The summed E-state index contributed by atoms with van der Waals surface area (Å²) in [5.74, 6) is 0.0429. The molecule has 0 amide bonds. The number of halogens is 1. The zero-order valence-corrected chi connectivity index (χ0v) is 15.1. The molecule has 2 aromatic rings. The zero-order valence-electron chi connectivity index (χ0n) is 14.3. The second kappa shape index (κ2) is 7.01. The lowest BCUT2D eigenvalue weighted by atomic mass is 10.2. The van der Waals surface area contributed by atoms with E-state index in [4.69, 9.17) is 4.74 Å². The van der Waals surface area contributed by atoms with Crippen LogP contribution in [0.4, 0.5) is 10.1 Å². The molecule has 0 bridgehead atoms. The minimum absolute atomic E-state index is 0.175. The minimum atomic E-state index is -3.66. The number of aryl methyl sites for hydroxylation is 1. The molecule has 0 atom stereocenters. The van der Waals surface area contributed by atoms with Crippen LogP contribution in [0.5, 0.6) is 5.75 Å². The van der Waals surface area contributed by atoms with Crippen LogP contribution in [0.25, 0.3) is 0 Å². The van der Waals surface area contributed by atoms with Gasteiger partial charge in [0, 0.05) is 26.2 Å². The highest BCUT2D eigenvalue weighted by molar-refractivity contribution is 7.89. The van der Waals surface area contributed by atoms with Gasteiger partial charge in [0.05, 0.1) is 12.8 Å². The van der Waals surface area contributed by atoms with Crippen LogP contribution in [-0.4, -0.2) is 46.0 Å². The molecule has 3 rings (SSSR count). The molecule has 134 valence electrons. The molecule has 1 heterocycles. The van der Waals surface area contributed by atoms with Crippen molar-refractivity contribution in [2.24, 2.45) is 0 Å². The van der Waals surface area contributed by atoms with E-state index < -0.39 is 10.0 Å². The number of piperazine rings is 1. The summed E-state index contributed by atoms with van der Waals surface area (Å²) < 4.78 is 46.5. The van der Waals surface area contributed by atoms with Gasteiger partial charge in [0.25, 0.3) is 0 Å². The number of hydrogen-bond donors (Lipinski definition) is 0. The number of nitrogens with zero attached hydrogens (tertiary/aromatic N) is 2. The van der Waals surface area contributed by atoms with Crippen molar-refractivity contribution in [1.82, 2.24) is 4.31 Å². The Labute approximate surface area is 147 Å². The van der Waals surface area contributed by atoms with Crippen LogP contribution < -0.4 is 9.64 Å². The fourth-order valence-electron chi connectivity index (χ4n) is 3.00. The highest BCUT2D eigenvalue weighted by Crippen LogP contribution is 2.29. The summed E-state index contributed by atoms with van der Waals surface area (Å²) in [6.45, 7) is 3.32. The van der Waals surface area contributed by atoms with E-state index in [2.05, 4.69) is 0 Å². The maximum atomic E-state index is 13.9. The lowest BCUT2D eigenvalue weighted by molar-refractivity contribution is 0.373. The monoisotopic (exact) mass is 364 g/mol. The number of benzene rings is 2. The van der Waals surface area contributed by atoms with E-state index in [0.29, 0.717) is 37.6 Å². The lowest BCUT2D eigenvalue weighted by Crippen LogP contribution is -2.49. The Hall–Kier alpha value is -2.12. The van der Waals surface area contributed by atoms with Gasteiger partial charge < -0.3 is 9.64 Å². The molecule has 0 radical (unpaired) electrons. The molecule has 1 fully saturated rings. The van der Waals surface area contributed by atoms with Gasteiger partial charge in [0.2, 0.25) is 10.0 Å². The maximum Gasteiger partial charge on any atom is 0.246 e. The van der Waals surface area contributed by atoms with Crippen molar-refractivity contribution in [3.05, 3.63) is 53.8 Å². The molecular formula is C18H21FN2O3S. The van der Waals surface area contributed by atoms with Gasteiger partial charge in [0.15, 0.2) is 0 Å². The maximum absolute atomic E-state index is 13.9. The average Bonchev–Trinajstić information content (AvgIpc) is 2.62. The summed E-state index contributed by atoms with van der Waals surface area (Å²) in [4.78, 5) is 2.05. The summed E-state index contributed by atoms with van der Waals surface area (Å²) in [7, 11) is -2.20. The Balaban J connectivity index is 1.81. The molecule has 0 saturated carbocycles. The Morgan fingerprint density at radius 2 is 1.72 bits per heavy atom. The molecule has 0 spiro atoms. The summed E-state index contributed by atoms with van der Waals surface area (Å²) in [5, 5.41) is 0. The standard InChI is InChI=1S/C18H21FN2O3S/c1-14-7-8-17(24-2)18(13-14)25(22,23)21-11-9-20(10-12-21)16-6-4-3-5-15(16)19/h3-8,13H,9-12H2,1-2H3. The van der Waals surface area contributed by atoms with E-state index in [-0.39, 0.29) is 10.7 Å². The number of hydrogen-bond acceptors (Lipinski definition) is 4. The Bertz CT molecular complexity index is 862. The fourth-order valence-corrected chi connectivity index (χ4v) is 4.66. The van der Waals surface area contributed by atoms with Gasteiger partial charge in [-0.1, -0.05) is 18.2 Å². The van der Waals surface area contributed by atoms with Gasteiger partial charge in [-0.25, -0.2) is 12.8 Å². The molecule has 1 aliphatic rings. The van der Waals surface area contributed by atoms with E-state index in [9.17, 15) is 12.8 Å². The van der Waals surface area contributed by atoms with Gasteiger partial charge in [-0.2, -0.15) is 4.31 Å². The molecule has 0 N–H and O–H groups in total. The van der Waals surface area contributed by atoms with Crippen molar-refractivity contribution >= 4 is 15.7 Å². The first-order chi connectivity index (χ1) is 11.9. The van der Waals surface area contributed by atoms with Crippen LogP contribution in [0, 0.1) is 12.7 Å². The Morgan fingerprint density at radius 3 is 2.36 bits per heavy atom. The third-order valence-electron chi connectivity index (χ3n) is 4.37. The van der Waals surface area contributed by atoms with Gasteiger partial charge >= 0.3 is 0 Å². The molecule has 2 aromatic carbocycles. The average molecular weight is 364 g/mol. The van der Waals surface area contributed by atoms with Crippen LogP contribution in [0.1, 0.15) is 5.56 Å². The van der Waals surface area contributed by atoms with Crippen LogP contribution in [0.15, 0.2) is 47.4 Å². The topological polar surface area (TPSA) is 49.9 Å². The van der Waals surface area contributed by atoms with Crippen molar-refractivity contribution < 1.29 is 17.5 Å². The molecule has 5 nitrogen and oxygen atoms in total. The lowest BCUT2D eigenvalue weighted by Gasteiger charge is -2.35. The number of methoxy groups -OCH3 is 1. The van der Waals surface area contributed by atoms with Gasteiger partial charge in [-0.05, 0) is 36.8 Å². The number of ether oxygens (including phenoxy) is 1. The second-order valence-electron chi connectivity index (χ2n) is 6.00. The van der Waals surface area contributed by atoms with Gasteiger partial charge in [-0.3, -0.25) is 0 Å². The molecule has 1 aliphatic heterocycles. The number of rotatable bonds is 4. The fraction of sp³-hybridized carbons (Fsp3) is 0.333. The van der Waals surface area contributed by atoms with Crippen LogP contribution in [0.2, 0.25) is 0 Å². The van der Waals surface area contributed by atoms with Crippen LogP contribution in [0.3, 0.4) is 0 Å². The number of para-hydroxylation sites is 1. The molecule has 25 heavy (non-hydrogen) atoms. The van der Waals surface area contributed by atoms with E-state index in [1.165, 1.54) is 17.5 Å². The summed E-state index contributed by atoms with van der Waals surface area (Å²) in [6, 6.07) is 11.6. The van der Waals surface area contributed by atoms with E-state index in [1.54, 1.807) is 30.3 Å². The normalized spacial score (nSPS) is 16.0. The number of sulfonamides is 1. The highest BCUT2D eigenvalue weighted by atomic mass is 32.2. The summed E-state index contributed by atoms with van der Waals surface area (Å²) in [6.07, 6.45) is 0. The van der Waals surface area contributed by atoms with Crippen molar-refractivity contribution in [1.29, 1.82) is 0 Å². The quantitative estimate of drug-likeness (QED) is 0.837. The SMILES string of the molecule is COc1ccc(C)cc1S(=O)(=O)N1CCN(c2ccccc2F)CC1. The highest BCUT2D eigenvalue weighted by Gasteiger charge is 2.31. The van der Waals surface area contributed by atoms with E-state index in [1.807, 2.05) is 17.9 Å². The predicted molar refractivity (Wildman–Crippen MR) is 95.1 cm³/mol. The molecule has 7 heteroatoms.